The fourth-order valence-electron chi connectivity index (χ4n) is 1.87. The van der Waals surface area contributed by atoms with Gasteiger partial charge >= 0.3 is 6.09 Å². The lowest BCUT2D eigenvalue weighted by Crippen LogP contribution is -2.37. The Morgan fingerprint density at radius 3 is 2.45 bits per heavy atom. The highest BCUT2D eigenvalue weighted by Crippen LogP contribution is 2.20. The molecule has 1 aromatic rings. The molecule has 124 valence electrons. The van der Waals surface area contributed by atoms with Crippen LogP contribution in [0.15, 0.2) is 12.1 Å². The zero-order valence-electron chi connectivity index (χ0n) is 13.7. The Kier molecular flexibility index (Phi) is 6.29. The van der Waals surface area contributed by atoms with Crippen molar-refractivity contribution in [2.24, 2.45) is 0 Å². The van der Waals surface area contributed by atoms with Crippen LogP contribution in [0.3, 0.4) is 0 Å². The van der Waals surface area contributed by atoms with E-state index in [1.54, 1.807) is 27.7 Å². The third-order valence-electron chi connectivity index (χ3n) is 2.99. The average Bonchev–Trinajstić information content (AvgIpc) is 2.36. The Morgan fingerprint density at radius 2 is 1.86 bits per heavy atom. The van der Waals surface area contributed by atoms with Crippen molar-refractivity contribution in [3.05, 3.63) is 34.9 Å². The molecule has 0 aliphatic carbocycles. The Morgan fingerprint density at radius 1 is 1.23 bits per heavy atom. The Bertz CT molecular complexity index is 528. The fourth-order valence-corrected chi connectivity index (χ4v) is 1.87. The van der Waals surface area contributed by atoms with Crippen molar-refractivity contribution in [1.82, 2.24) is 10.6 Å². The summed E-state index contributed by atoms with van der Waals surface area (Å²) >= 11 is 0. The number of halogens is 2. The van der Waals surface area contributed by atoms with Gasteiger partial charge in [0, 0.05) is 24.7 Å². The molecule has 1 aromatic carbocycles. The van der Waals surface area contributed by atoms with Gasteiger partial charge in [0.05, 0.1) is 0 Å². The standard InChI is InChI=1S/C16H24F2N2O2/c1-10-8-14(18)12(9-13(10)17)11(2)19-6-7-20-15(21)22-16(3,4)5/h8-9,11,19H,6-7H2,1-5H3,(H,20,21). The molecule has 0 bridgehead atoms. The van der Waals surface area contributed by atoms with Gasteiger partial charge in [-0.25, -0.2) is 13.6 Å². The smallest absolute Gasteiger partial charge is 0.407 e. The molecule has 0 aromatic heterocycles. The van der Waals surface area contributed by atoms with Gasteiger partial charge in [0.1, 0.15) is 17.2 Å². The normalized spacial score (nSPS) is 12.9. The molecule has 0 spiro atoms. The van der Waals surface area contributed by atoms with Crippen molar-refractivity contribution in [2.75, 3.05) is 13.1 Å². The van der Waals surface area contributed by atoms with E-state index in [-0.39, 0.29) is 17.2 Å². The summed E-state index contributed by atoms with van der Waals surface area (Å²) < 4.78 is 32.4. The van der Waals surface area contributed by atoms with Crippen molar-refractivity contribution < 1.29 is 18.3 Å². The summed E-state index contributed by atoms with van der Waals surface area (Å²) in [5, 5.41) is 5.62. The summed E-state index contributed by atoms with van der Waals surface area (Å²) in [7, 11) is 0. The number of benzene rings is 1. The Labute approximate surface area is 130 Å². The molecule has 1 amide bonds. The second-order valence-corrected chi connectivity index (χ2v) is 6.23. The first-order chi connectivity index (χ1) is 10.1. The lowest BCUT2D eigenvalue weighted by atomic mass is 10.1. The van der Waals surface area contributed by atoms with Crippen LogP contribution < -0.4 is 10.6 Å². The molecule has 6 heteroatoms. The highest BCUT2D eigenvalue weighted by Gasteiger charge is 2.16. The van der Waals surface area contributed by atoms with E-state index in [0.717, 1.165) is 0 Å². The number of rotatable bonds is 5. The maximum absolute atomic E-state index is 13.8. The third-order valence-corrected chi connectivity index (χ3v) is 2.99. The van der Waals surface area contributed by atoms with E-state index in [1.165, 1.54) is 19.1 Å². The highest BCUT2D eigenvalue weighted by atomic mass is 19.1. The largest absolute Gasteiger partial charge is 0.444 e. The minimum atomic E-state index is -0.548. The number of nitrogens with one attached hydrogen (secondary N) is 2. The molecular formula is C16H24F2N2O2. The molecule has 4 nitrogen and oxygen atoms in total. The summed E-state index contributed by atoms with van der Waals surface area (Å²) in [5.41, 5.74) is -0.00621. The zero-order valence-corrected chi connectivity index (χ0v) is 13.7. The second kappa shape index (κ2) is 7.54. The minimum absolute atomic E-state index is 0.264. The summed E-state index contributed by atoms with van der Waals surface area (Å²) in [6, 6.07) is 2.02. The summed E-state index contributed by atoms with van der Waals surface area (Å²) in [6.07, 6.45) is -0.505. The number of hydrogen-bond donors (Lipinski definition) is 2. The molecule has 0 aliphatic rings. The SMILES string of the molecule is Cc1cc(F)c(C(C)NCCNC(=O)OC(C)(C)C)cc1F. The molecule has 2 N–H and O–H groups in total. The van der Waals surface area contributed by atoms with Crippen molar-refractivity contribution >= 4 is 6.09 Å². The van der Waals surface area contributed by atoms with Crippen LogP contribution >= 0.6 is 0 Å². The van der Waals surface area contributed by atoms with Gasteiger partial charge in [-0.2, -0.15) is 0 Å². The fraction of sp³-hybridized carbons (Fsp3) is 0.562. The number of amides is 1. The van der Waals surface area contributed by atoms with Crippen LogP contribution in [0.2, 0.25) is 0 Å². The number of hydrogen-bond acceptors (Lipinski definition) is 3. The molecule has 1 unspecified atom stereocenters. The summed E-state index contributed by atoms with van der Waals surface area (Å²) in [6.45, 7) is 9.33. The number of carbonyl (C=O) groups is 1. The summed E-state index contributed by atoms with van der Waals surface area (Å²) in [4.78, 5) is 11.4. The van der Waals surface area contributed by atoms with E-state index in [4.69, 9.17) is 4.74 Å². The number of alkyl carbamates (subject to hydrolysis) is 1. The molecule has 0 radical (unpaired) electrons. The Balaban J connectivity index is 2.43. The van der Waals surface area contributed by atoms with Gasteiger partial charge in [0.25, 0.3) is 0 Å². The first kappa shape index (κ1) is 18.4. The lowest BCUT2D eigenvalue weighted by molar-refractivity contribution is 0.0528. The van der Waals surface area contributed by atoms with Crippen molar-refractivity contribution in [1.29, 1.82) is 0 Å². The van der Waals surface area contributed by atoms with E-state index in [1.807, 2.05) is 0 Å². The molecule has 1 rings (SSSR count). The van der Waals surface area contributed by atoms with Gasteiger partial charge in [-0.15, -0.1) is 0 Å². The molecule has 0 fully saturated rings. The number of aryl methyl sites for hydroxylation is 1. The summed E-state index contributed by atoms with van der Waals surface area (Å²) in [5.74, 6) is -0.879. The first-order valence-corrected chi connectivity index (χ1v) is 7.26. The van der Waals surface area contributed by atoms with Crippen molar-refractivity contribution in [3.8, 4) is 0 Å². The molecule has 22 heavy (non-hydrogen) atoms. The van der Waals surface area contributed by atoms with Crippen LogP contribution in [0.1, 0.15) is 44.9 Å². The van der Waals surface area contributed by atoms with E-state index in [9.17, 15) is 13.6 Å². The molecular weight excluding hydrogens is 290 g/mol. The average molecular weight is 314 g/mol. The van der Waals surface area contributed by atoms with E-state index in [0.29, 0.717) is 13.1 Å². The van der Waals surface area contributed by atoms with Gasteiger partial charge in [0.15, 0.2) is 0 Å². The van der Waals surface area contributed by atoms with Crippen LogP contribution in [0.5, 0.6) is 0 Å². The molecule has 0 saturated heterocycles. The van der Waals surface area contributed by atoms with Crippen LogP contribution in [0.4, 0.5) is 13.6 Å². The van der Waals surface area contributed by atoms with Gasteiger partial charge < -0.3 is 15.4 Å². The quantitative estimate of drug-likeness (QED) is 0.819. The Hall–Kier alpha value is -1.69. The van der Waals surface area contributed by atoms with E-state index in [2.05, 4.69) is 10.6 Å². The van der Waals surface area contributed by atoms with Gasteiger partial charge in [-0.3, -0.25) is 0 Å². The molecule has 0 aliphatic heterocycles. The molecule has 0 heterocycles. The predicted octanol–water partition coefficient (Wildman–Crippen LogP) is 3.45. The van der Waals surface area contributed by atoms with Gasteiger partial charge in [-0.1, -0.05) is 0 Å². The predicted molar refractivity (Wildman–Crippen MR) is 81.7 cm³/mol. The molecule has 0 saturated carbocycles. The minimum Gasteiger partial charge on any atom is -0.444 e. The van der Waals surface area contributed by atoms with Gasteiger partial charge in [0.2, 0.25) is 0 Å². The highest BCUT2D eigenvalue weighted by molar-refractivity contribution is 5.67. The van der Waals surface area contributed by atoms with Crippen LogP contribution in [0, 0.1) is 18.6 Å². The van der Waals surface area contributed by atoms with Crippen molar-refractivity contribution in [3.63, 3.8) is 0 Å². The van der Waals surface area contributed by atoms with E-state index >= 15 is 0 Å². The monoisotopic (exact) mass is 314 g/mol. The van der Waals surface area contributed by atoms with Gasteiger partial charge in [-0.05, 0) is 52.3 Å². The van der Waals surface area contributed by atoms with Crippen LogP contribution in [-0.2, 0) is 4.74 Å². The lowest BCUT2D eigenvalue weighted by Gasteiger charge is -2.20. The zero-order chi connectivity index (χ0) is 16.9. The van der Waals surface area contributed by atoms with E-state index < -0.39 is 23.3 Å². The van der Waals surface area contributed by atoms with Crippen molar-refractivity contribution in [2.45, 2.75) is 46.3 Å². The number of ether oxygens (including phenoxy) is 1. The van der Waals surface area contributed by atoms with Crippen LogP contribution in [0.25, 0.3) is 0 Å². The maximum Gasteiger partial charge on any atom is 0.407 e. The topological polar surface area (TPSA) is 50.4 Å². The first-order valence-electron chi connectivity index (χ1n) is 7.26. The second-order valence-electron chi connectivity index (χ2n) is 6.23. The number of carbonyl (C=O) groups excluding carboxylic acids is 1. The third kappa shape index (κ3) is 5.97. The maximum atomic E-state index is 13.8. The van der Waals surface area contributed by atoms with Crippen LogP contribution in [-0.4, -0.2) is 24.8 Å². The molecule has 1 atom stereocenters.